The fourth-order valence-electron chi connectivity index (χ4n) is 3.40. The van der Waals surface area contributed by atoms with Crippen LogP contribution < -0.4 is 4.72 Å². The number of sulfonamides is 1. The van der Waals surface area contributed by atoms with E-state index in [0.29, 0.717) is 11.4 Å². The van der Waals surface area contributed by atoms with Gasteiger partial charge in [0.05, 0.1) is 10.5 Å². The van der Waals surface area contributed by atoms with E-state index in [1.54, 1.807) is 24.3 Å². The molecule has 24 heavy (non-hydrogen) atoms. The van der Waals surface area contributed by atoms with Gasteiger partial charge in [-0.1, -0.05) is 50.8 Å². The molecule has 2 rings (SSSR count). The SMILES string of the molecule is CCCCOC1(CCCNS(=O)(=O)c2ccccc2)CCCCC1. The lowest BCUT2D eigenvalue weighted by Crippen LogP contribution is -2.36. The predicted octanol–water partition coefficient (Wildman–Crippen LogP) is 4.26. The molecule has 0 aliphatic heterocycles. The van der Waals surface area contributed by atoms with Crippen LogP contribution in [0.2, 0.25) is 0 Å². The normalized spacial score (nSPS) is 17.7. The Kier molecular flexibility index (Phi) is 7.72. The van der Waals surface area contributed by atoms with Crippen LogP contribution in [0.3, 0.4) is 0 Å². The van der Waals surface area contributed by atoms with Crippen LogP contribution in [0.1, 0.15) is 64.7 Å². The zero-order chi connectivity index (χ0) is 17.3. The number of benzene rings is 1. The Morgan fingerprint density at radius 1 is 1.08 bits per heavy atom. The van der Waals surface area contributed by atoms with E-state index in [1.807, 2.05) is 6.07 Å². The Bertz CT molecular complexity index is 566. The average molecular weight is 354 g/mol. The van der Waals surface area contributed by atoms with E-state index in [1.165, 1.54) is 19.3 Å². The first-order chi connectivity index (χ1) is 11.6. The maximum Gasteiger partial charge on any atom is 0.240 e. The summed E-state index contributed by atoms with van der Waals surface area (Å²) in [5, 5.41) is 0. The number of ether oxygens (including phenoxy) is 1. The molecule has 1 aromatic rings. The molecule has 0 spiro atoms. The summed E-state index contributed by atoms with van der Waals surface area (Å²) >= 11 is 0. The van der Waals surface area contributed by atoms with E-state index >= 15 is 0 Å². The summed E-state index contributed by atoms with van der Waals surface area (Å²) in [5.41, 5.74) is -0.0222. The van der Waals surface area contributed by atoms with Gasteiger partial charge < -0.3 is 4.74 Å². The molecule has 4 nitrogen and oxygen atoms in total. The molecule has 0 atom stereocenters. The van der Waals surface area contributed by atoms with E-state index in [9.17, 15) is 8.42 Å². The molecular weight excluding hydrogens is 322 g/mol. The van der Waals surface area contributed by atoms with Crippen molar-refractivity contribution in [1.29, 1.82) is 0 Å². The standard InChI is InChI=1S/C19H31NO3S/c1-2-3-17-23-19(13-8-5-9-14-19)15-10-16-20-24(21,22)18-11-6-4-7-12-18/h4,6-7,11-12,20H,2-3,5,8-10,13-17H2,1H3. The number of unbranched alkanes of at least 4 members (excludes halogenated alkanes) is 1. The van der Waals surface area contributed by atoms with E-state index in [0.717, 1.165) is 45.1 Å². The summed E-state index contributed by atoms with van der Waals surface area (Å²) in [6.07, 6.45) is 9.97. The first-order valence-corrected chi connectivity index (χ1v) is 10.7. The molecule has 1 saturated carbocycles. The van der Waals surface area contributed by atoms with Gasteiger partial charge in [-0.05, 0) is 44.2 Å². The lowest BCUT2D eigenvalue weighted by atomic mass is 9.81. The zero-order valence-electron chi connectivity index (χ0n) is 14.8. The van der Waals surface area contributed by atoms with Gasteiger partial charge in [0, 0.05) is 13.2 Å². The second-order valence-corrected chi connectivity index (χ2v) is 8.53. The largest absolute Gasteiger partial charge is 0.375 e. The molecule has 0 amide bonds. The summed E-state index contributed by atoms with van der Waals surface area (Å²) < 4.78 is 33.4. The summed E-state index contributed by atoms with van der Waals surface area (Å²) in [6, 6.07) is 8.55. The lowest BCUT2D eigenvalue weighted by molar-refractivity contribution is -0.0773. The smallest absolute Gasteiger partial charge is 0.240 e. The van der Waals surface area contributed by atoms with E-state index in [4.69, 9.17) is 4.74 Å². The fraction of sp³-hybridized carbons (Fsp3) is 0.684. The second kappa shape index (κ2) is 9.54. The van der Waals surface area contributed by atoms with Crippen LogP contribution in [0.25, 0.3) is 0 Å². The predicted molar refractivity (Wildman–Crippen MR) is 97.5 cm³/mol. The first kappa shape index (κ1) is 19.4. The molecular formula is C19H31NO3S. The fourth-order valence-corrected chi connectivity index (χ4v) is 4.49. The Hall–Kier alpha value is -0.910. The molecule has 0 aromatic heterocycles. The molecule has 0 radical (unpaired) electrons. The Morgan fingerprint density at radius 2 is 1.79 bits per heavy atom. The van der Waals surface area contributed by atoms with Gasteiger partial charge in [0.1, 0.15) is 0 Å². The maximum absolute atomic E-state index is 12.2. The molecule has 1 N–H and O–H groups in total. The van der Waals surface area contributed by atoms with Crippen molar-refractivity contribution in [2.45, 2.75) is 75.2 Å². The Labute approximate surface area is 147 Å². The van der Waals surface area contributed by atoms with Crippen molar-refractivity contribution in [3.05, 3.63) is 30.3 Å². The average Bonchev–Trinajstić information content (AvgIpc) is 2.61. The van der Waals surface area contributed by atoms with Gasteiger partial charge in [0.25, 0.3) is 0 Å². The minimum absolute atomic E-state index is 0.0222. The van der Waals surface area contributed by atoms with Gasteiger partial charge in [-0.3, -0.25) is 0 Å². The van der Waals surface area contributed by atoms with Crippen molar-refractivity contribution in [3.8, 4) is 0 Å². The molecule has 1 aromatic carbocycles. The van der Waals surface area contributed by atoms with Crippen LogP contribution in [0.15, 0.2) is 35.2 Å². The Balaban J connectivity index is 1.82. The van der Waals surface area contributed by atoms with Crippen molar-refractivity contribution >= 4 is 10.0 Å². The molecule has 1 fully saturated rings. The quantitative estimate of drug-likeness (QED) is 0.639. The highest BCUT2D eigenvalue weighted by atomic mass is 32.2. The minimum Gasteiger partial charge on any atom is -0.375 e. The summed E-state index contributed by atoms with van der Waals surface area (Å²) in [7, 11) is -3.39. The van der Waals surface area contributed by atoms with Gasteiger partial charge in [-0.25, -0.2) is 13.1 Å². The van der Waals surface area contributed by atoms with Crippen LogP contribution in [0.4, 0.5) is 0 Å². The van der Waals surface area contributed by atoms with Crippen LogP contribution in [0, 0.1) is 0 Å². The second-order valence-electron chi connectivity index (χ2n) is 6.76. The zero-order valence-corrected chi connectivity index (χ0v) is 15.6. The third-order valence-electron chi connectivity index (χ3n) is 4.83. The molecule has 1 aliphatic carbocycles. The van der Waals surface area contributed by atoms with Crippen molar-refractivity contribution < 1.29 is 13.2 Å². The highest BCUT2D eigenvalue weighted by Crippen LogP contribution is 2.35. The van der Waals surface area contributed by atoms with Gasteiger partial charge in [0.2, 0.25) is 10.0 Å². The minimum atomic E-state index is -3.39. The molecule has 5 heteroatoms. The van der Waals surface area contributed by atoms with Crippen molar-refractivity contribution in [3.63, 3.8) is 0 Å². The summed E-state index contributed by atoms with van der Waals surface area (Å²) in [5.74, 6) is 0. The van der Waals surface area contributed by atoms with Gasteiger partial charge >= 0.3 is 0 Å². The van der Waals surface area contributed by atoms with Crippen molar-refractivity contribution in [2.24, 2.45) is 0 Å². The number of hydrogen-bond acceptors (Lipinski definition) is 3. The van der Waals surface area contributed by atoms with Crippen molar-refractivity contribution in [1.82, 2.24) is 4.72 Å². The molecule has 0 unspecified atom stereocenters. The third kappa shape index (κ3) is 5.87. The van der Waals surface area contributed by atoms with Crippen LogP contribution in [-0.2, 0) is 14.8 Å². The van der Waals surface area contributed by atoms with E-state index < -0.39 is 10.0 Å². The molecule has 0 saturated heterocycles. The molecule has 136 valence electrons. The number of nitrogens with one attached hydrogen (secondary N) is 1. The van der Waals surface area contributed by atoms with E-state index in [2.05, 4.69) is 11.6 Å². The number of rotatable bonds is 10. The lowest BCUT2D eigenvalue weighted by Gasteiger charge is -2.37. The molecule has 0 heterocycles. The third-order valence-corrected chi connectivity index (χ3v) is 6.30. The van der Waals surface area contributed by atoms with Gasteiger partial charge in [-0.2, -0.15) is 0 Å². The van der Waals surface area contributed by atoms with E-state index in [-0.39, 0.29) is 5.60 Å². The monoisotopic (exact) mass is 353 g/mol. The highest BCUT2D eigenvalue weighted by Gasteiger charge is 2.32. The summed E-state index contributed by atoms with van der Waals surface area (Å²) in [6.45, 7) is 3.47. The number of hydrogen-bond donors (Lipinski definition) is 1. The summed E-state index contributed by atoms with van der Waals surface area (Å²) in [4.78, 5) is 0.330. The first-order valence-electron chi connectivity index (χ1n) is 9.27. The topological polar surface area (TPSA) is 55.4 Å². The van der Waals surface area contributed by atoms with Crippen molar-refractivity contribution in [2.75, 3.05) is 13.2 Å². The van der Waals surface area contributed by atoms with Crippen LogP contribution in [0.5, 0.6) is 0 Å². The molecule has 0 bridgehead atoms. The van der Waals surface area contributed by atoms with Crippen LogP contribution in [-0.4, -0.2) is 27.2 Å². The maximum atomic E-state index is 12.2. The van der Waals surface area contributed by atoms with Gasteiger partial charge in [-0.15, -0.1) is 0 Å². The van der Waals surface area contributed by atoms with Gasteiger partial charge in [0.15, 0.2) is 0 Å². The van der Waals surface area contributed by atoms with Crippen LogP contribution >= 0.6 is 0 Å². The Morgan fingerprint density at radius 3 is 2.46 bits per heavy atom. The highest BCUT2D eigenvalue weighted by molar-refractivity contribution is 7.89. The molecule has 1 aliphatic rings.